The fraction of sp³-hybridized carbons (Fsp3) is 0.444. The topological polar surface area (TPSA) is 59.4 Å². The number of aliphatic hydroxyl groups excluding tert-OH is 1. The summed E-state index contributed by atoms with van der Waals surface area (Å²) >= 11 is 0. The second-order valence-electron chi connectivity index (χ2n) is 5.93. The maximum absolute atomic E-state index is 11.0. The Kier molecular flexibility index (Phi) is 3.87. The molecule has 2 atom stereocenters. The van der Waals surface area contributed by atoms with E-state index in [4.69, 9.17) is 10.2 Å². The monoisotopic (exact) mass is 285 g/mol. The molecule has 1 aromatic heterocycles. The Bertz CT molecular complexity index is 619. The predicted octanol–water partition coefficient (Wildman–Crippen LogP) is 3.11. The lowest BCUT2D eigenvalue weighted by Gasteiger charge is -2.41. The number of aryl methyl sites for hydroxylation is 2. The van der Waals surface area contributed by atoms with Crippen LogP contribution < -0.4 is 5.73 Å². The molecule has 1 aliphatic rings. The summed E-state index contributed by atoms with van der Waals surface area (Å²) in [6.45, 7) is 2.47. The van der Waals surface area contributed by atoms with Gasteiger partial charge in [0.05, 0.1) is 0 Å². The molecule has 0 spiro atoms. The van der Waals surface area contributed by atoms with E-state index in [1.54, 1.807) is 0 Å². The lowest BCUT2D eigenvalue weighted by molar-refractivity contribution is 0.0519. The quantitative estimate of drug-likeness (QED) is 0.907. The van der Waals surface area contributed by atoms with Crippen molar-refractivity contribution in [2.75, 3.05) is 6.54 Å². The van der Waals surface area contributed by atoms with Crippen molar-refractivity contribution in [3.8, 4) is 0 Å². The van der Waals surface area contributed by atoms with E-state index in [2.05, 4.69) is 18.2 Å². The molecular formula is C18H23NO2. The molecule has 0 saturated carbocycles. The van der Waals surface area contributed by atoms with Crippen LogP contribution in [0.2, 0.25) is 0 Å². The number of fused-ring (bicyclic) bond motifs is 1. The zero-order chi connectivity index (χ0) is 14.9. The van der Waals surface area contributed by atoms with E-state index in [9.17, 15) is 5.11 Å². The molecule has 0 bridgehead atoms. The SMILES string of the molecule is CCc1ccc(C(O)C2(CN)CCCc3ccccc32)o1. The van der Waals surface area contributed by atoms with E-state index >= 15 is 0 Å². The number of aliphatic hydroxyl groups is 1. The molecule has 1 aromatic carbocycles. The highest BCUT2D eigenvalue weighted by molar-refractivity contribution is 5.39. The Hall–Kier alpha value is -1.58. The van der Waals surface area contributed by atoms with Crippen LogP contribution in [0, 0.1) is 0 Å². The molecule has 2 unspecified atom stereocenters. The summed E-state index contributed by atoms with van der Waals surface area (Å²) in [5.74, 6) is 1.54. The normalized spacial score (nSPS) is 22.8. The van der Waals surface area contributed by atoms with Crippen LogP contribution >= 0.6 is 0 Å². The van der Waals surface area contributed by atoms with Crippen molar-refractivity contribution in [1.82, 2.24) is 0 Å². The zero-order valence-corrected chi connectivity index (χ0v) is 12.5. The molecule has 2 aromatic rings. The van der Waals surface area contributed by atoms with Crippen LogP contribution in [-0.4, -0.2) is 11.7 Å². The van der Waals surface area contributed by atoms with Gasteiger partial charge in [-0.05, 0) is 42.5 Å². The summed E-state index contributed by atoms with van der Waals surface area (Å²) in [5, 5.41) is 11.0. The van der Waals surface area contributed by atoms with Crippen LogP contribution in [-0.2, 0) is 18.3 Å². The van der Waals surface area contributed by atoms with Crippen molar-refractivity contribution >= 4 is 0 Å². The average Bonchev–Trinajstić information content (AvgIpc) is 3.02. The van der Waals surface area contributed by atoms with E-state index in [-0.39, 0.29) is 0 Å². The second-order valence-corrected chi connectivity index (χ2v) is 5.93. The van der Waals surface area contributed by atoms with Crippen molar-refractivity contribution in [2.45, 2.75) is 44.1 Å². The number of furan rings is 1. The molecular weight excluding hydrogens is 262 g/mol. The summed E-state index contributed by atoms with van der Waals surface area (Å²) in [4.78, 5) is 0. The van der Waals surface area contributed by atoms with Crippen LogP contribution in [0.25, 0.3) is 0 Å². The Morgan fingerprint density at radius 2 is 2.10 bits per heavy atom. The van der Waals surface area contributed by atoms with Gasteiger partial charge < -0.3 is 15.3 Å². The van der Waals surface area contributed by atoms with Gasteiger partial charge in [0.2, 0.25) is 0 Å². The highest BCUT2D eigenvalue weighted by Crippen LogP contribution is 2.45. The second kappa shape index (κ2) is 5.66. The molecule has 0 fully saturated rings. The fourth-order valence-electron chi connectivity index (χ4n) is 3.56. The third-order valence-corrected chi connectivity index (χ3v) is 4.81. The van der Waals surface area contributed by atoms with Gasteiger partial charge >= 0.3 is 0 Å². The Balaban J connectivity index is 2.04. The van der Waals surface area contributed by atoms with Gasteiger partial charge in [-0.2, -0.15) is 0 Å². The highest BCUT2D eigenvalue weighted by Gasteiger charge is 2.43. The van der Waals surface area contributed by atoms with Gasteiger partial charge in [0.1, 0.15) is 17.6 Å². The maximum atomic E-state index is 11.0. The first-order valence-electron chi connectivity index (χ1n) is 7.76. The van der Waals surface area contributed by atoms with Crippen LogP contribution in [0.15, 0.2) is 40.8 Å². The molecule has 21 heavy (non-hydrogen) atoms. The van der Waals surface area contributed by atoms with Gasteiger partial charge in [0, 0.05) is 18.4 Å². The third-order valence-electron chi connectivity index (χ3n) is 4.81. The minimum atomic E-state index is -0.691. The Morgan fingerprint density at radius 3 is 2.81 bits per heavy atom. The minimum Gasteiger partial charge on any atom is -0.463 e. The lowest BCUT2D eigenvalue weighted by Crippen LogP contribution is -2.43. The molecule has 0 aliphatic heterocycles. The lowest BCUT2D eigenvalue weighted by atomic mass is 9.66. The molecule has 3 heteroatoms. The molecule has 3 rings (SSSR count). The van der Waals surface area contributed by atoms with Crippen LogP contribution in [0.3, 0.4) is 0 Å². The van der Waals surface area contributed by atoms with Crippen molar-refractivity contribution in [1.29, 1.82) is 0 Å². The molecule has 3 nitrogen and oxygen atoms in total. The van der Waals surface area contributed by atoms with Crippen LogP contribution in [0.5, 0.6) is 0 Å². The van der Waals surface area contributed by atoms with E-state index in [1.807, 2.05) is 25.1 Å². The fourth-order valence-corrected chi connectivity index (χ4v) is 3.56. The zero-order valence-electron chi connectivity index (χ0n) is 12.5. The molecule has 3 N–H and O–H groups in total. The van der Waals surface area contributed by atoms with Crippen molar-refractivity contribution in [3.05, 3.63) is 59.0 Å². The summed E-state index contributed by atoms with van der Waals surface area (Å²) in [6, 6.07) is 12.2. The minimum absolute atomic E-state index is 0.424. The molecule has 0 saturated heterocycles. The Morgan fingerprint density at radius 1 is 1.29 bits per heavy atom. The maximum Gasteiger partial charge on any atom is 0.133 e. The Labute approximate surface area is 125 Å². The summed E-state index contributed by atoms with van der Waals surface area (Å²) < 4.78 is 5.78. The first-order valence-corrected chi connectivity index (χ1v) is 7.76. The third kappa shape index (κ3) is 2.30. The number of benzene rings is 1. The van der Waals surface area contributed by atoms with E-state index in [0.717, 1.165) is 31.4 Å². The molecule has 112 valence electrons. The van der Waals surface area contributed by atoms with Gasteiger partial charge in [-0.1, -0.05) is 31.2 Å². The van der Waals surface area contributed by atoms with E-state index in [1.165, 1.54) is 11.1 Å². The average molecular weight is 285 g/mol. The summed E-state index contributed by atoms with van der Waals surface area (Å²) in [5.41, 5.74) is 8.18. The first-order chi connectivity index (χ1) is 10.2. The van der Waals surface area contributed by atoms with E-state index < -0.39 is 11.5 Å². The van der Waals surface area contributed by atoms with Crippen molar-refractivity contribution in [3.63, 3.8) is 0 Å². The number of nitrogens with two attached hydrogens (primary N) is 1. The van der Waals surface area contributed by atoms with Gasteiger partial charge in [-0.3, -0.25) is 0 Å². The molecule has 1 aliphatic carbocycles. The van der Waals surface area contributed by atoms with Gasteiger partial charge in [0.25, 0.3) is 0 Å². The number of hydrogen-bond donors (Lipinski definition) is 2. The largest absolute Gasteiger partial charge is 0.463 e. The standard InChI is InChI=1S/C18H23NO2/c1-2-14-9-10-16(21-14)17(20)18(12-19)11-5-7-13-6-3-4-8-15(13)18/h3-4,6,8-10,17,20H,2,5,7,11-12,19H2,1H3. The molecule has 1 heterocycles. The van der Waals surface area contributed by atoms with E-state index in [0.29, 0.717) is 12.3 Å². The predicted molar refractivity (Wildman–Crippen MR) is 83.2 cm³/mol. The summed E-state index contributed by atoms with van der Waals surface area (Å²) in [7, 11) is 0. The summed E-state index contributed by atoms with van der Waals surface area (Å²) in [6.07, 6.45) is 3.14. The highest BCUT2D eigenvalue weighted by atomic mass is 16.4. The van der Waals surface area contributed by atoms with Crippen molar-refractivity contribution < 1.29 is 9.52 Å². The van der Waals surface area contributed by atoms with Gasteiger partial charge in [-0.25, -0.2) is 0 Å². The van der Waals surface area contributed by atoms with Crippen LogP contribution in [0.4, 0.5) is 0 Å². The number of rotatable bonds is 4. The molecule has 0 radical (unpaired) electrons. The van der Waals surface area contributed by atoms with Gasteiger partial charge in [-0.15, -0.1) is 0 Å². The first kappa shape index (κ1) is 14.4. The smallest absolute Gasteiger partial charge is 0.133 e. The van der Waals surface area contributed by atoms with Crippen molar-refractivity contribution in [2.24, 2.45) is 5.73 Å². The number of hydrogen-bond acceptors (Lipinski definition) is 3. The molecule has 0 amide bonds. The van der Waals surface area contributed by atoms with Crippen LogP contribution in [0.1, 0.15) is 48.5 Å². The van der Waals surface area contributed by atoms with Gasteiger partial charge in [0.15, 0.2) is 0 Å².